The van der Waals surface area contributed by atoms with E-state index >= 15 is 0 Å². The summed E-state index contributed by atoms with van der Waals surface area (Å²) >= 11 is 0. The fourth-order valence-electron chi connectivity index (χ4n) is 2.64. The van der Waals surface area contributed by atoms with Crippen molar-refractivity contribution in [3.05, 3.63) is 12.2 Å². The Bertz CT molecular complexity index is 504. The Balaban J connectivity index is 2.07. The topological polar surface area (TPSA) is 118 Å². The highest BCUT2D eigenvalue weighted by Crippen LogP contribution is 2.36. The van der Waals surface area contributed by atoms with Crippen molar-refractivity contribution in [3.63, 3.8) is 0 Å². The predicted molar refractivity (Wildman–Crippen MR) is 71.8 cm³/mol. The van der Waals surface area contributed by atoms with Crippen molar-refractivity contribution in [1.29, 1.82) is 0 Å². The van der Waals surface area contributed by atoms with Gasteiger partial charge in [-0.25, -0.2) is 4.98 Å². The number of rotatable bonds is 4. The minimum absolute atomic E-state index is 0.0105. The number of aryl methyl sites for hydroxylation is 1. The van der Waals surface area contributed by atoms with Crippen LogP contribution in [0.3, 0.4) is 0 Å². The van der Waals surface area contributed by atoms with Crippen LogP contribution in [-0.2, 0) is 18.4 Å². The number of hydrogen-bond donors (Lipinski definition) is 3. The molecule has 20 heavy (non-hydrogen) atoms. The van der Waals surface area contributed by atoms with Gasteiger partial charge in [0.15, 0.2) is 11.7 Å². The van der Waals surface area contributed by atoms with E-state index < -0.39 is 5.41 Å². The number of oxime groups is 1. The van der Waals surface area contributed by atoms with Crippen molar-refractivity contribution in [1.82, 2.24) is 20.1 Å². The van der Waals surface area contributed by atoms with Crippen LogP contribution in [0.5, 0.6) is 0 Å². The zero-order valence-electron chi connectivity index (χ0n) is 11.5. The number of carbonyl (C=O) groups is 1. The van der Waals surface area contributed by atoms with E-state index in [9.17, 15) is 4.79 Å². The fourth-order valence-corrected chi connectivity index (χ4v) is 2.64. The number of aromatic nitrogens is 3. The summed E-state index contributed by atoms with van der Waals surface area (Å²) in [4.78, 5) is 16.5. The van der Waals surface area contributed by atoms with Crippen molar-refractivity contribution in [2.24, 2.45) is 23.4 Å². The summed E-state index contributed by atoms with van der Waals surface area (Å²) in [5.74, 6) is 0.301. The molecule has 1 aliphatic rings. The van der Waals surface area contributed by atoms with E-state index in [4.69, 9.17) is 10.9 Å². The Morgan fingerprint density at radius 1 is 1.55 bits per heavy atom. The van der Waals surface area contributed by atoms with Crippen LogP contribution in [0.1, 0.15) is 37.9 Å². The highest BCUT2D eigenvalue weighted by atomic mass is 16.4. The van der Waals surface area contributed by atoms with Gasteiger partial charge in [-0.1, -0.05) is 24.4 Å². The van der Waals surface area contributed by atoms with Gasteiger partial charge in [0, 0.05) is 7.05 Å². The number of carbonyl (C=O) groups excluding carboxylic acids is 1. The van der Waals surface area contributed by atoms with Gasteiger partial charge in [-0.2, -0.15) is 5.10 Å². The van der Waals surface area contributed by atoms with Crippen molar-refractivity contribution in [2.45, 2.75) is 38.6 Å². The first kappa shape index (κ1) is 14.3. The molecule has 1 saturated carbocycles. The van der Waals surface area contributed by atoms with E-state index in [0.29, 0.717) is 18.7 Å². The molecule has 1 fully saturated rings. The molecule has 4 N–H and O–H groups in total. The molecular weight excluding hydrogens is 260 g/mol. The van der Waals surface area contributed by atoms with E-state index in [0.717, 1.165) is 19.3 Å². The van der Waals surface area contributed by atoms with Gasteiger partial charge in [-0.15, -0.1) is 0 Å². The maximum absolute atomic E-state index is 12.5. The molecule has 0 unspecified atom stereocenters. The van der Waals surface area contributed by atoms with Crippen LogP contribution < -0.4 is 11.1 Å². The molecule has 1 aromatic rings. The monoisotopic (exact) mass is 280 g/mol. The van der Waals surface area contributed by atoms with Crippen LogP contribution in [0, 0.1) is 5.41 Å². The second-order valence-electron chi connectivity index (χ2n) is 5.15. The number of hydrogen-bond acceptors (Lipinski definition) is 5. The summed E-state index contributed by atoms with van der Waals surface area (Å²) in [5.41, 5.74) is 4.86. The third-order valence-corrected chi connectivity index (χ3v) is 3.79. The van der Waals surface area contributed by atoms with E-state index in [2.05, 4.69) is 20.6 Å². The van der Waals surface area contributed by atoms with E-state index in [1.54, 1.807) is 18.1 Å². The first-order chi connectivity index (χ1) is 9.58. The maximum atomic E-state index is 12.5. The normalized spacial score (nSPS) is 18.8. The molecule has 1 amide bonds. The van der Waals surface area contributed by atoms with Gasteiger partial charge < -0.3 is 16.3 Å². The Kier molecular flexibility index (Phi) is 4.21. The van der Waals surface area contributed by atoms with Crippen LogP contribution in [0.2, 0.25) is 0 Å². The van der Waals surface area contributed by atoms with Crippen molar-refractivity contribution < 1.29 is 10.0 Å². The number of nitrogens with one attached hydrogen (secondary N) is 1. The molecule has 0 spiro atoms. The Hall–Kier alpha value is -2.12. The Morgan fingerprint density at radius 3 is 2.80 bits per heavy atom. The maximum Gasteiger partial charge on any atom is 0.234 e. The van der Waals surface area contributed by atoms with Gasteiger partial charge >= 0.3 is 0 Å². The molecule has 1 aromatic heterocycles. The number of nitrogens with two attached hydrogens (primary N) is 1. The molecule has 0 radical (unpaired) electrons. The summed E-state index contributed by atoms with van der Waals surface area (Å²) in [6.45, 7) is 0.236. The standard InChI is InChI=1S/C12H20N6O2/c1-18-8-15-9(16-18)7-14-11(19)12(10(13)17-20)5-3-2-4-6-12/h8,20H,2-7H2,1H3,(H2,13,17)(H,14,19). The van der Waals surface area contributed by atoms with Crippen molar-refractivity contribution in [2.75, 3.05) is 0 Å². The first-order valence-corrected chi connectivity index (χ1v) is 6.69. The zero-order chi connectivity index (χ0) is 14.6. The lowest BCUT2D eigenvalue weighted by Crippen LogP contribution is -2.50. The van der Waals surface area contributed by atoms with Gasteiger partial charge in [0.2, 0.25) is 5.91 Å². The molecule has 0 aliphatic heterocycles. The van der Waals surface area contributed by atoms with Crippen LogP contribution in [0.15, 0.2) is 11.5 Å². The highest BCUT2D eigenvalue weighted by Gasteiger charge is 2.43. The Labute approximate surface area is 117 Å². The van der Waals surface area contributed by atoms with Gasteiger partial charge in [-0.3, -0.25) is 9.48 Å². The Morgan fingerprint density at radius 2 is 2.25 bits per heavy atom. The second kappa shape index (κ2) is 5.89. The third kappa shape index (κ3) is 2.73. The molecule has 2 rings (SSSR count). The highest BCUT2D eigenvalue weighted by molar-refractivity contribution is 6.06. The third-order valence-electron chi connectivity index (χ3n) is 3.79. The lowest BCUT2D eigenvalue weighted by atomic mass is 9.72. The largest absolute Gasteiger partial charge is 0.409 e. The molecular formula is C12H20N6O2. The van der Waals surface area contributed by atoms with Gasteiger partial charge in [0.1, 0.15) is 11.7 Å². The van der Waals surface area contributed by atoms with Crippen molar-refractivity contribution >= 4 is 11.7 Å². The fraction of sp³-hybridized carbons (Fsp3) is 0.667. The average Bonchev–Trinajstić information content (AvgIpc) is 2.90. The predicted octanol–water partition coefficient (Wildman–Crippen LogP) is 0.128. The summed E-state index contributed by atoms with van der Waals surface area (Å²) in [6, 6.07) is 0. The van der Waals surface area contributed by atoms with Crippen LogP contribution in [-0.4, -0.2) is 31.7 Å². The average molecular weight is 280 g/mol. The van der Waals surface area contributed by atoms with Gasteiger partial charge in [0.25, 0.3) is 0 Å². The summed E-state index contributed by atoms with van der Waals surface area (Å²) < 4.78 is 1.57. The number of amidine groups is 1. The summed E-state index contributed by atoms with van der Waals surface area (Å²) in [7, 11) is 1.76. The quantitative estimate of drug-likeness (QED) is 0.313. The minimum Gasteiger partial charge on any atom is -0.409 e. The molecule has 8 nitrogen and oxygen atoms in total. The molecule has 110 valence electrons. The van der Waals surface area contributed by atoms with Crippen LogP contribution >= 0.6 is 0 Å². The van der Waals surface area contributed by atoms with Gasteiger partial charge in [0.05, 0.1) is 6.54 Å². The molecule has 0 saturated heterocycles. The smallest absolute Gasteiger partial charge is 0.234 e. The number of nitrogens with zero attached hydrogens (tertiary/aromatic N) is 4. The number of amides is 1. The molecule has 0 aromatic carbocycles. The molecule has 8 heteroatoms. The summed E-state index contributed by atoms with van der Waals surface area (Å²) in [5, 5.41) is 18.9. The van der Waals surface area contributed by atoms with Crippen LogP contribution in [0.25, 0.3) is 0 Å². The van der Waals surface area contributed by atoms with Crippen molar-refractivity contribution in [3.8, 4) is 0 Å². The van der Waals surface area contributed by atoms with E-state index in [1.165, 1.54) is 0 Å². The van der Waals surface area contributed by atoms with Crippen LogP contribution in [0.4, 0.5) is 0 Å². The SMILES string of the molecule is Cn1cnc(CNC(=O)C2(C(N)=NO)CCCCC2)n1. The molecule has 0 bridgehead atoms. The molecule has 1 aliphatic carbocycles. The molecule has 0 atom stereocenters. The first-order valence-electron chi connectivity index (χ1n) is 6.69. The summed E-state index contributed by atoms with van der Waals surface area (Å²) in [6.07, 6.45) is 5.63. The molecule has 1 heterocycles. The zero-order valence-corrected chi connectivity index (χ0v) is 11.5. The minimum atomic E-state index is -0.901. The van der Waals surface area contributed by atoms with E-state index in [-0.39, 0.29) is 18.3 Å². The second-order valence-corrected chi connectivity index (χ2v) is 5.15. The lowest BCUT2D eigenvalue weighted by molar-refractivity contribution is -0.129. The lowest BCUT2D eigenvalue weighted by Gasteiger charge is -2.34. The van der Waals surface area contributed by atoms with Gasteiger partial charge in [-0.05, 0) is 12.8 Å². The van der Waals surface area contributed by atoms with E-state index in [1.807, 2.05) is 0 Å².